The molecule has 0 radical (unpaired) electrons. The van der Waals surface area contributed by atoms with Crippen LogP contribution < -0.4 is 5.32 Å². The van der Waals surface area contributed by atoms with Gasteiger partial charge in [-0.15, -0.1) is 0 Å². The van der Waals surface area contributed by atoms with Crippen LogP contribution in [0.3, 0.4) is 0 Å². The lowest BCUT2D eigenvalue weighted by molar-refractivity contribution is 0.0937. The second kappa shape index (κ2) is 9.49. The molecule has 1 N–H and O–H groups in total. The molecule has 7 heteroatoms. The van der Waals surface area contributed by atoms with Crippen LogP contribution >= 0.6 is 0 Å². The predicted octanol–water partition coefficient (Wildman–Crippen LogP) is 2.65. The summed E-state index contributed by atoms with van der Waals surface area (Å²) in [4.78, 5) is 18.1. The molecule has 4 rings (SSSR count). The second-order valence-corrected chi connectivity index (χ2v) is 8.16. The van der Waals surface area contributed by atoms with E-state index in [1.165, 1.54) is 0 Å². The van der Waals surface area contributed by atoms with Crippen molar-refractivity contribution in [2.75, 3.05) is 45.8 Å². The number of aryl methyl sites for hydroxylation is 2. The summed E-state index contributed by atoms with van der Waals surface area (Å²) in [5, 5.41) is 7.86. The predicted molar refractivity (Wildman–Crippen MR) is 123 cm³/mol. The normalized spacial score (nSPS) is 15.3. The largest absolute Gasteiger partial charge is 0.351 e. The minimum Gasteiger partial charge on any atom is -0.351 e. The molecule has 0 bridgehead atoms. The average Bonchev–Trinajstić information content (AvgIpc) is 3.41. The van der Waals surface area contributed by atoms with Crippen LogP contribution in [0.2, 0.25) is 0 Å². The molecular formula is C24H32N6O. The number of piperazine rings is 1. The Morgan fingerprint density at radius 3 is 2.42 bits per heavy atom. The minimum absolute atomic E-state index is 0.0766. The van der Waals surface area contributed by atoms with Gasteiger partial charge in [0.2, 0.25) is 0 Å². The first-order valence-corrected chi connectivity index (χ1v) is 11.1. The SMILES string of the molecule is CCN1CCN(CCNC(=O)c2c(C)nn(-c3cccc(C)c3)c2-n2cccc2)CC1. The number of rotatable bonds is 7. The van der Waals surface area contributed by atoms with E-state index >= 15 is 0 Å². The Kier molecular flexibility index (Phi) is 6.53. The van der Waals surface area contributed by atoms with Gasteiger partial charge in [-0.25, -0.2) is 4.68 Å². The van der Waals surface area contributed by atoms with Gasteiger partial charge in [-0.05, 0) is 50.2 Å². The summed E-state index contributed by atoms with van der Waals surface area (Å²) in [7, 11) is 0. The fraction of sp³-hybridized carbons (Fsp3) is 0.417. The van der Waals surface area contributed by atoms with Crippen LogP contribution in [0.4, 0.5) is 0 Å². The Morgan fingerprint density at radius 1 is 1.03 bits per heavy atom. The number of carbonyl (C=O) groups excluding carboxylic acids is 1. The number of nitrogens with zero attached hydrogens (tertiary/aromatic N) is 5. The van der Waals surface area contributed by atoms with E-state index in [-0.39, 0.29) is 5.91 Å². The highest BCUT2D eigenvalue weighted by Crippen LogP contribution is 2.23. The quantitative estimate of drug-likeness (QED) is 0.639. The molecule has 164 valence electrons. The van der Waals surface area contributed by atoms with Gasteiger partial charge in [0.15, 0.2) is 5.82 Å². The minimum atomic E-state index is -0.0766. The topological polar surface area (TPSA) is 58.3 Å². The van der Waals surface area contributed by atoms with Crippen molar-refractivity contribution in [3.8, 4) is 11.5 Å². The summed E-state index contributed by atoms with van der Waals surface area (Å²) in [5.41, 5.74) is 3.44. The van der Waals surface area contributed by atoms with Gasteiger partial charge < -0.3 is 14.8 Å². The van der Waals surface area contributed by atoms with E-state index < -0.39 is 0 Å². The van der Waals surface area contributed by atoms with Crippen LogP contribution in [-0.2, 0) is 0 Å². The molecule has 31 heavy (non-hydrogen) atoms. The zero-order valence-electron chi connectivity index (χ0n) is 18.7. The summed E-state index contributed by atoms with van der Waals surface area (Å²) in [6, 6.07) is 12.1. The summed E-state index contributed by atoms with van der Waals surface area (Å²) >= 11 is 0. The highest BCUT2D eigenvalue weighted by atomic mass is 16.1. The van der Waals surface area contributed by atoms with Crippen molar-refractivity contribution in [3.63, 3.8) is 0 Å². The fourth-order valence-electron chi connectivity index (χ4n) is 4.18. The zero-order valence-corrected chi connectivity index (χ0v) is 18.7. The van der Waals surface area contributed by atoms with Crippen molar-refractivity contribution in [1.29, 1.82) is 0 Å². The molecule has 0 unspecified atom stereocenters. The highest BCUT2D eigenvalue weighted by Gasteiger charge is 2.24. The summed E-state index contributed by atoms with van der Waals surface area (Å²) in [5.74, 6) is 0.689. The molecule has 1 saturated heterocycles. The maximum absolute atomic E-state index is 13.2. The number of likely N-dealkylation sites (N-methyl/N-ethyl adjacent to an activating group) is 1. The molecule has 7 nitrogen and oxygen atoms in total. The van der Waals surface area contributed by atoms with E-state index in [2.05, 4.69) is 41.1 Å². The van der Waals surface area contributed by atoms with Crippen molar-refractivity contribution in [2.24, 2.45) is 0 Å². The molecule has 0 atom stereocenters. The Bertz CT molecular complexity index is 1010. The van der Waals surface area contributed by atoms with E-state index in [1.807, 2.05) is 52.8 Å². The standard InChI is InChI=1S/C24H32N6O/c1-4-27-14-16-28(17-15-27)13-10-25-23(31)22-20(3)26-30(21-9-7-8-19(2)18-21)24(22)29-11-5-6-12-29/h5-9,11-12,18H,4,10,13-17H2,1-3H3,(H,25,31). The van der Waals surface area contributed by atoms with E-state index in [9.17, 15) is 4.79 Å². The van der Waals surface area contributed by atoms with Crippen molar-refractivity contribution < 1.29 is 4.79 Å². The lowest BCUT2D eigenvalue weighted by Gasteiger charge is -2.33. The van der Waals surface area contributed by atoms with Gasteiger partial charge >= 0.3 is 0 Å². The van der Waals surface area contributed by atoms with Crippen LogP contribution in [0.1, 0.15) is 28.5 Å². The molecule has 0 saturated carbocycles. The van der Waals surface area contributed by atoms with E-state index in [1.54, 1.807) is 0 Å². The summed E-state index contributed by atoms with van der Waals surface area (Å²) in [6.07, 6.45) is 3.90. The molecule has 1 aliphatic heterocycles. The molecule has 3 heterocycles. The molecule has 0 spiro atoms. The third-order valence-corrected chi connectivity index (χ3v) is 5.98. The Morgan fingerprint density at radius 2 is 1.74 bits per heavy atom. The lowest BCUT2D eigenvalue weighted by Crippen LogP contribution is -2.48. The van der Waals surface area contributed by atoms with Gasteiger partial charge in [0.1, 0.15) is 5.56 Å². The van der Waals surface area contributed by atoms with Crippen molar-refractivity contribution in [1.82, 2.24) is 29.5 Å². The number of amides is 1. The van der Waals surface area contributed by atoms with Crippen molar-refractivity contribution in [2.45, 2.75) is 20.8 Å². The highest BCUT2D eigenvalue weighted by molar-refractivity contribution is 5.98. The summed E-state index contributed by atoms with van der Waals surface area (Å²) in [6.45, 7) is 13.1. The Hall–Kier alpha value is -2.90. The van der Waals surface area contributed by atoms with E-state index in [0.29, 0.717) is 12.1 Å². The number of nitrogens with one attached hydrogen (secondary N) is 1. The Labute approximate surface area is 184 Å². The average molecular weight is 421 g/mol. The van der Waals surface area contributed by atoms with E-state index in [0.717, 1.165) is 62.0 Å². The van der Waals surface area contributed by atoms with Crippen molar-refractivity contribution >= 4 is 5.91 Å². The molecule has 3 aromatic rings. The molecule has 1 aliphatic rings. The van der Waals surface area contributed by atoms with Crippen molar-refractivity contribution in [3.05, 3.63) is 65.6 Å². The monoisotopic (exact) mass is 420 g/mol. The first kappa shape index (κ1) is 21.3. The third kappa shape index (κ3) is 4.73. The third-order valence-electron chi connectivity index (χ3n) is 5.98. The maximum Gasteiger partial charge on any atom is 0.257 e. The second-order valence-electron chi connectivity index (χ2n) is 8.16. The first-order chi connectivity index (χ1) is 15.1. The summed E-state index contributed by atoms with van der Waals surface area (Å²) < 4.78 is 3.82. The smallest absolute Gasteiger partial charge is 0.257 e. The number of aromatic nitrogens is 3. The maximum atomic E-state index is 13.2. The number of benzene rings is 1. The number of carbonyl (C=O) groups is 1. The van der Waals surface area contributed by atoms with Gasteiger partial charge in [0.05, 0.1) is 11.4 Å². The number of hydrogen-bond donors (Lipinski definition) is 1. The molecular weight excluding hydrogens is 388 g/mol. The zero-order chi connectivity index (χ0) is 21.8. The van der Waals surface area contributed by atoms with Crippen LogP contribution in [0.5, 0.6) is 0 Å². The van der Waals surface area contributed by atoms with Gasteiger partial charge in [0.25, 0.3) is 5.91 Å². The molecule has 1 fully saturated rings. The van der Waals surface area contributed by atoms with Gasteiger partial charge in [-0.2, -0.15) is 5.10 Å². The van der Waals surface area contributed by atoms with Gasteiger partial charge in [-0.1, -0.05) is 19.1 Å². The van der Waals surface area contributed by atoms with Gasteiger partial charge in [-0.3, -0.25) is 9.69 Å². The van der Waals surface area contributed by atoms with Crippen LogP contribution in [0.15, 0.2) is 48.8 Å². The molecule has 0 aliphatic carbocycles. The molecule has 1 amide bonds. The van der Waals surface area contributed by atoms with Crippen LogP contribution in [-0.4, -0.2) is 75.9 Å². The number of hydrogen-bond acceptors (Lipinski definition) is 4. The van der Waals surface area contributed by atoms with Crippen LogP contribution in [0.25, 0.3) is 11.5 Å². The van der Waals surface area contributed by atoms with Crippen LogP contribution in [0, 0.1) is 13.8 Å². The molecule has 2 aromatic heterocycles. The first-order valence-electron chi connectivity index (χ1n) is 11.1. The lowest BCUT2D eigenvalue weighted by atomic mass is 10.2. The van der Waals surface area contributed by atoms with E-state index in [4.69, 9.17) is 5.10 Å². The Balaban J connectivity index is 1.53. The molecule has 1 aromatic carbocycles. The van der Waals surface area contributed by atoms with Gasteiger partial charge in [0, 0.05) is 51.7 Å². The fourth-order valence-corrected chi connectivity index (χ4v) is 4.18.